The predicted molar refractivity (Wildman–Crippen MR) is 109 cm³/mol. The van der Waals surface area contributed by atoms with E-state index >= 15 is 0 Å². The van der Waals surface area contributed by atoms with E-state index in [4.69, 9.17) is 0 Å². The van der Waals surface area contributed by atoms with Crippen molar-refractivity contribution in [1.29, 1.82) is 0 Å². The Kier molecular flexibility index (Phi) is 5.17. The summed E-state index contributed by atoms with van der Waals surface area (Å²) < 4.78 is 0. The number of benzene rings is 1. The van der Waals surface area contributed by atoms with Crippen molar-refractivity contribution in [2.24, 2.45) is 5.41 Å². The molecule has 1 aromatic carbocycles. The Morgan fingerprint density at radius 2 is 1.89 bits per heavy atom. The topological polar surface area (TPSA) is 49.3 Å². The molecule has 4 rings (SSSR count). The van der Waals surface area contributed by atoms with Crippen molar-refractivity contribution in [1.82, 2.24) is 15.1 Å². The van der Waals surface area contributed by atoms with Crippen LogP contribution < -0.4 is 4.90 Å². The number of carbonyl (C=O) groups excluding carboxylic acids is 1. The summed E-state index contributed by atoms with van der Waals surface area (Å²) in [6, 6.07) is 10.3. The van der Waals surface area contributed by atoms with E-state index in [9.17, 15) is 4.79 Å². The maximum absolute atomic E-state index is 13.0. The zero-order valence-corrected chi connectivity index (χ0v) is 17.0. The van der Waals surface area contributed by atoms with Crippen molar-refractivity contribution in [3.8, 4) is 0 Å². The average Bonchev–Trinajstić information content (AvgIpc) is 3.20. The fourth-order valence-corrected chi connectivity index (χ4v) is 5.38. The number of carbonyl (C=O) groups is 1. The third kappa shape index (κ3) is 3.59. The van der Waals surface area contributed by atoms with E-state index in [2.05, 4.69) is 46.0 Å². The van der Waals surface area contributed by atoms with Gasteiger partial charge in [-0.2, -0.15) is 0 Å². The molecule has 0 N–H and O–H groups in total. The Hall–Kier alpha value is -1.95. The monoisotopic (exact) mass is 384 g/mol. The number of hydrogen-bond donors (Lipinski definition) is 0. The maximum atomic E-state index is 13.0. The first-order chi connectivity index (χ1) is 13.1. The van der Waals surface area contributed by atoms with Gasteiger partial charge in [0.15, 0.2) is 0 Å². The van der Waals surface area contributed by atoms with E-state index in [0.717, 1.165) is 62.0 Å². The van der Waals surface area contributed by atoms with Crippen LogP contribution in [0, 0.1) is 5.41 Å². The van der Waals surface area contributed by atoms with Gasteiger partial charge >= 0.3 is 0 Å². The zero-order chi connectivity index (χ0) is 18.9. The van der Waals surface area contributed by atoms with Gasteiger partial charge in [-0.1, -0.05) is 48.6 Å². The lowest BCUT2D eigenvalue weighted by Gasteiger charge is -2.49. The van der Waals surface area contributed by atoms with Crippen LogP contribution >= 0.6 is 11.3 Å². The Morgan fingerprint density at radius 1 is 1.15 bits per heavy atom. The van der Waals surface area contributed by atoms with E-state index in [1.54, 1.807) is 11.3 Å². The average molecular weight is 385 g/mol. The first-order valence-corrected chi connectivity index (χ1v) is 10.9. The SMILES string of the molecule is CCc1nnc(N2CCC3(CC2)CC(c2ccccc2)C(=O)N(CC)C3)s1. The highest BCUT2D eigenvalue weighted by atomic mass is 32.1. The molecule has 6 heteroatoms. The van der Waals surface area contributed by atoms with Gasteiger partial charge in [0.05, 0.1) is 5.92 Å². The molecule has 144 valence electrons. The summed E-state index contributed by atoms with van der Waals surface area (Å²) in [6.07, 6.45) is 4.14. The highest BCUT2D eigenvalue weighted by Crippen LogP contribution is 2.46. The number of likely N-dealkylation sites (tertiary alicyclic amines) is 1. The van der Waals surface area contributed by atoms with Crippen molar-refractivity contribution in [2.75, 3.05) is 31.1 Å². The van der Waals surface area contributed by atoms with Crippen LogP contribution in [0.4, 0.5) is 5.13 Å². The molecule has 2 aliphatic rings. The molecule has 0 aliphatic carbocycles. The Balaban J connectivity index is 1.51. The van der Waals surface area contributed by atoms with Gasteiger partial charge in [0.2, 0.25) is 11.0 Å². The second kappa shape index (κ2) is 7.58. The number of piperidine rings is 2. The number of aryl methyl sites for hydroxylation is 1. The number of rotatable bonds is 4. The van der Waals surface area contributed by atoms with E-state index < -0.39 is 0 Å². The van der Waals surface area contributed by atoms with Gasteiger partial charge in [-0.25, -0.2) is 0 Å². The molecular formula is C21H28N4OS. The van der Waals surface area contributed by atoms with Crippen LogP contribution in [-0.2, 0) is 11.2 Å². The van der Waals surface area contributed by atoms with Crippen LogP contribution in [0.15, 0.2) is 30.3 Å². The summed E-state index contributed by atoms with van der Waals surface area (Å²) >= 11 is 1.72. The minimum Gasteiger partial charge on any atom is -0.347 e. The fraction of sp³-hybridized carbons (Fsp3) is 0.571. The van der Waals surface area contributed by atoms with Crippen molar-refractivity contribution in [2.45, 2.75) is 45.4 Å². The largest absolute Gasteiger partial charge is 0.347 e. The van der Waals surface area contributed by atoms with E-state index in [0.29, 0.717) is 5.91 Å². The summed E-state index contributed by atoms with van der Waals surface area (Å²) in [5.74, 6) is 0.299. The van der Waals surface area contributed by atoms with Crippen molar-refractivity contribution < 1.29 is 4.79 Å². The Morgan fingerprint density at radius 3 is 2.52 bits per heavy atom. The van der Waals surface area contributed by atoms with Crippen LogP contribution in [-0.4, -0.2) is 47.2 Å². The highest BCUT2D eigenvalue weighted by molar-refractivity contribution is 7.15. The van der Waals surface area contributed by atoms with Gasteiger partial charge in [0, 0.05) is 26.2 Å². The summed E-state index contributed by atoms with van der Waals surface area (Å²) in [4.78, 5) is 17.5. The fourth-order valence-electron chi connectivity index (χ4n) is 4.55. The van der Waals surface area contributed by atoms with Gasteiger partial charge in [-0.15, -0.1) is 10.2 Å². The first kappa shape index (κ1) is 18.4. The summed E-state index contributed by atoms with van der Waals surface area (Å²) in [5.41, 5.74) is 1.39. The standard InChI is InChI=1S/C21H28N4OS/c1-3-18-22-23-20(27-18)25-12-10-21(11-13-25)14-17(16-8-6-5-7-9-16)19(26)24(4-2)15-21/h5-9,17H,3-4,10-15H2,1-2H3. The lowest BCUT2D eigenvalue weighted by atomic mass is 9.67. The second-order valence-electron chi connectivity index (χ2n) is 7.84. The number of nitrogens with zero attached hydrogens (tertiary/aromatic N) is 4. The minimum absolute atomic E-state index is 0.000302. The van der Waals surface area contributed by atoms with Crippen molar-refractivity contribution >= 4 is 22.4 Å². The van der Waals surface area contributed by atoms with Gasteiger partial charge in [0.1, 0.15) is 5.01 Å². The Bertz CT molecular complexity index is 782. The van der Waals surface area contributed by atoms with Crippen LogP contribution in [0.2, 0.25) is 0 Å². The van der Waals surface area contributed by atoms with Crippen molar-refractivity contribution in [3.05, 3.63) is 40.9 Å². The van der Waals surface area contributed by atoms with Crippen LogP contribution in [0.25, 0.3) is 0 Å². The molecule has 0 bridgehead atoms. The summed E-state index contributed by atoms with van der Waals surface area (Å²) in [6.45, 7) is 7.93. The summed E-state index contributed by atoms with van der Waals surface area (Å²) in [5, 5.41) is 10.8. The molecule has 1 spiro atoms. The molecule has 0 saturated carbocycles. The number of likely N-dealkylation sites (N-methyl/N-ethyl adjacent to an activating group) is 1. The number of anilines is 1. The Labute approximate surface area is 165 Å². The normalized spacial score (nSPS) is 22.4. The van der Waals surface area contributed by atoms with E-state index in [1.165, 1.54) is 5.56 Å². The van der Waals surface area contributed by atoms with Crippen molar-refractivity contribution in [3.63, 3.8) is 0 Å². The molecule has 1 amide bonds. The highest BCUT2D eigenvalue weighted by Gasteiger charge is 2.45. The van der Waals surface area contributed by atoms with Gasteiger partial charge in [-0.3, -0.25) is 4.79 Å². The van der Waals surface area contributed by atoms with Gasteiger partial charge in [-0.05, 0) is 43.6 Å². The van der Waals surface area contributed by atoms with E-state index in [-0.39, 0.29) is 11.3 Å². The molecule has 1 aromatic heterocycles. The molecule has 2 fully saturated rings. The number of hydrogen-bond acceptors (Lipinski definition) is 5. The molecule has 3 heterocycles. The second-order valence-corrected chi connectivity index (χ2v) is 8.88. The van der Waals surface area contributed by atoms with Crippen LogP contribution in [0.5, 0.6) is 0 Å². The van der Waals surface area contributed by atoms with Crippen LogP contribution in [0.1, 0.15) is 49.6 Å². The maximum Gasteiger partial charge on any atom is 0.230 e. The zero-order valence-electron chi connectivity index (χ0n) is 16.2. The molecule has 0 radical (unpaired) electrons. The summed E-state index contributed by atoms with van der Waals surface area (Å²) in [7, 11) is 0. The molecular weight excluding hydrogens is 356 g/mol. The quantitative estimate of drug-likeness (QED) is 0.806. The molecule has 1 unspecified atom stereocenters. The third-order valence-electron chi connectivity index (χ3n) is 6.21. The lowest BCUT2D eigenvalue weighted by molar-refractivity contribution is -0.140. The van der Waals surface area contributed by atoms with Gasteiger partial charge < -0.3 is 9.80 Å². The molecule has 2 aliphatic heterocycles. The number of aromatic nitrogens is 2. The number of amides is 1. The molecule has 2 saturated heterocycles. The first-order valence-electron chi connectivity index (χ1n) is 10.0. The molecule has 5 nitrogen and oxygen atoms in total. The third-order valence-corrected chi connectivity index (χ3v) is 7.34. The smallest absolute Gasteiger partial charge is 0.230 e. The van der Waals surface area contributed by atoms with Crippen LogP contribution in [0.3, 0.4) is 0 Å². The van der Waals surface area contributed by atoms with E-state index in [1.807, 2.05) is 18.2 Å². The molecule has 1 atom stereocenters. The van der Waals surface area contributed by atoms with Gasteiger partial charge in [0.25, 0.3) is 0 Å². The minimum atomic E-state index is -0.000302. The predicted octanol–water partition coefficient (Wildman–Crippen LogP) is 3.72. The lowest BCUT2D eigenvalue weighted by Crippen LogP contribution is -2.54. The molecule has 27 heavy (non-hydrogen) atoms. The molecule has 2 aromatic rings.